The maximum Gasteiger partial charge on any atom is 0.409 e. The fourth-order valence-electron chi connectivity index (χ4n) is 11.1. The predicted molar refractivity (Wildman–Crippen MR) is 245 cm³/mol. The van der Waals surface area contributed by atoms with Crippen molar-refractivity contribution in [2.75, 3.05) is 38.6 Å². The van der Waals surface area contributed by atoms with Gasteiger partial charge >= 0.3 is 18.2 Å². The third-order valence-corrected chi connectivity index (χ3v) is 14.9. The molecule has 4 aliphatic carbocycles. The summed E-state index contributed by atoms with van der Waals surface area (Å²) >= 11 is 0. The van der Waals surface area contributed by atoms with Crippen LogP contribution in [0.5, 0.6) is 0 Å². The number of allylic oxidation sites excluding steroid dienone is 4. The molecule has 1 aromatic rings. The molecule has 69 heavy (non-hydrogen) atoms. The van der Waals surface area contributed by atoms with E-state index < -0.39 is 119 Å². The van der Waals surface area contributed by atoms with Crippen LogP contribution in [0.1, 0.15) is 85.1 Å². The van der Waals surface area contributed by atoms with E-state index in [1.165, 1.54) is 31.0 Å². The average molecular weight is 972 g/mol. The van der Waals surface area contributed by atoms with Crippen LogP contribution < -0.4 is 32.7 Å². The molecule has 4 fully saturated rings. The molecule has 1 heterocycles. The first-order chi connectivity index (χ1) is 32.5. The highest BCUT2D eigenvalue weighted by atomic mass is 19.1. The molecule has 0 bridgehead atoms. The number of rotatable bonds is 19. The molecule has 1 saturated heterocycles. The van der Waals surface area contributed by atoms with Crippen molar-refractivity contribution in [1.29, 1.82) is 0 Å². The molecule has 9 N–H and O–H groups in total. The number of hydrogen-bond donors (Lipinski definition) is 7. The number of aliphatic hydroxyl groups excluding tert-OH is 1. The van der Waals surface area contributed by atoms with Crippen molar-refractivity contribution in [3.8, 4) is 0 Å². The van der Waals surface area contributed by atoms with Crippen LogP contribution in [0.25, 0.3) is 0 Å². The van der Waals surface area contributed by atoms with Crippen molar-refractivity contribution in [3.63, 3.8) is 0 Å². The Hall–Kier alpha value is -5.51. The number of alkyl halides is 2. The third-order valence-electron chi connectivity index (χ3n) is 14.9. The monoisotopic (exact) mass is 971 g/mol. The number of likely N-dealkylation sites (N-methyl/N-ethyl adjacent to an activating group) is 1. The van der Waals surface area contributed by atoms with Crippen LogP contribution in [-0.2, 0) is 44.7 Å². The van der Waals surface area contributed by atoms with E-state index in [0.717, 1.165) is 6.08 Å². The first kappa shape index (κ1) is 52.9. The minimum Gasteiger partial charge on any atom is -0.445 e. The van der Waals surface area contributed by atoms with Gasteiger partial charge in [-0.3, -0.25) is 19.2 Å². The molecule has 19 nitrogen and oxygen atoms in total. The summed E-state index contributed by atoms with van der Waals surface area (Å²) in [5.41, 5.74) is 5.07. The number of carbonyl (C=O) groups is 7. The molecule has 1 aliphatic heterocycles. The van der Waals surface area contributed by atoms with Gasteiger partial charge in [-0.25, -0.2) is 23.2 Å². The molecule has 6 rings (SSSR count). The molecule has 1 unspecified atom stereocenters. The molecule has 0 radical (unpaired) electrons. The van der Waals surface area contributed by atoms with Gasteiger partial charge in [-0.1, -0.05) is 52.3 Å². The van der Waals surface area contributed by atoms with E-state index in [-0.39, 0.29) is 63.4 Å². The van der Waals surface area contributed by atoms with Gasteiger partial charge in [-0.2, -0.15) is 0 Å². The second kappa shape index (κ2) is 21.2. The topological polar surface area (TPSA) is 280 Å². The van der Waals surface area contributed by atoms with Crippen LogP contribution in [-0.4, -0.2) is 133 Å². The van der Waals surface area contributed by atoms with Crippen LogP contribution >= 0.6 is 0 Å². The fraction of sp³-hybridized carbons (Fsp3) is 0.646. The molecule has 21 heteroatoms. The van der Waals surface area contributed by atoms with E-state index in [4.69, 9.17) is 30.4 Å². The lowest BCUT2D eigenvalue weighted by atomic mass is 9.44. The summed E-state index contributed by atoms with van der Waals surface area (Å²) in [6.07, 6.45) is -1.85. The highest BCUT2D eigenvalue weighted by molar-refractivity contribution is 6.01. The van der Waals surface area contributed by atoms with Crippen molar-refractivity contribution in [2.45, 2.75) is 134 Å². The molecule has 380 valence electrons. The molecule has 0 spiro atoms. The zero-order chi connectivity index (χ0) is 50.6. The second-order valence-corrected chi connectivity index (χ2v) is 19.6. The van der Waals surface area contributed by atoms with E-state index >= 15 is 8.78 Å². The third kappa shape index (κ3) is 10.4. The minimum atomic E-state index is -2.37. The summed E-state index contributed by atoms with van der Waals surface area (Å²) in [6.45, 7) is 7.92. The SMILES string of the molecule is CCCC1O[C@@H]2C[C@H]3[C@@H]4C[C@H](F)C5=CC(=O)C=C[C@]5(C)[C@@]4(F)[C@@H](O)C[C@]3(C)[C@]2(C(=O)COC(=O)NCCN(C)C(=O)OCc2ccc(NC(=O)[C@H](CCCNC(N)=O)NC(=O)[C@@H](N)C(C)C)cc2)O1. The minimum absolute atomic E-state index is 0.00831. The Bertz CT molecular complexity index is 2200. The van der Waals surface area contributed by atoms with Crippen molar-refractivity contribution in [2.24, 2.45) is 40.1 Å². The zero-order valence-corrected chi connectivity index (χ0v) is 40.0. The number of hydrogen-bond acceptors (Lipinski definition) is 13. The number of ether oxygens (including phenoxy) is 4. The van der Waals surface area contributed by atoms with E-state index in [0.29, 0.717) is 30.5 Å². The van der Waals surface area contributed by atoms with Gasteiger partial charge in [0.15, 0.2) is 29.9 Å². The first-order valence-electron chi connectivity index (χ1n) is 23.6. The number of nitrogens with zero attached hydrogens (tertiary/aromatic N) is 1. The number of nitrogens with two attached hydrogens (primary N) is 2. The summed E-state index contributed by atoms with van der Waals surface area (Å²) in [7, 11) is 1.45. The second-order valence-electron chi connectivity index (χ2n) is 19.6. The highest BCUT2D eigenvalue weighted by Gasteiger charge is 2.80. The fourth-order valence-corrected chi connectivity index (χ4v) is 11.1. The molecule has 3 saturated carbocycles. The van der Waals surface area contributed by atoms with Gasteiger partial charge in [0, 0.05) is 49.1 Å². The Morgan fingerprint density at radius 2 is 1.72 bits per heavy atom. The highest BCUT2D eigenvalue weighted by Crippen LogP contribution is 2.72. The Morgan fingerprint density at radius 1 is 1.01 bits per heavy atom. The molecular formula is C48H67F2N7O12. The largest absolute Gasteiger partial charge is 0.445 e. The number of amides is 6. The van der Waals surface area contributed by atoms with Gasteiger partial charge in [-0.05, 0) is 92.7 Å². The normalized spacial score (nSPS) is 31.7. The van der Waals surface area contributed by atoms with Crippen molar-refractivity contribution < 1.29 is 66.4 Å². The lowest BCUT2D eigenvalue weighted by molar-refractivity contribution is -0.234. The number of benzene rings is 1. The summed E-state index contributed by atoms with van der Waals surface area (Å²) in [5, 5.41) is 22.2. The summed E-state index contributed by atoms with van der Waals surface area (Å²) in [6, 6.07) is 3.95. The number of aliphatic hydroxyl groups is 1. The number of alkyl carbamates (subject to hydrolysis) is 1. The lowest BCUT2D eigenvalue weighted by Crippen LogP contribution is -2.71. The first-order valence-corrected chi connectivity index (χ1v) is 23.6. The maximum absolute atomic E-state index is 17.8. The smallest absolute Gasteiger partial charge is 0.409 e. The van der Waals surface area contributed by atoms with Crippen molar-refractivity contribution >= 4 is 47.3 Å². The number of carbonyl (C=O) groups excluding carboxylic acids is 7. The number of halogens is 2. The number of nitrogens with one attached hydrogen (secondary N) is 4. The predicted octanol–water partition coefficient (Wildman–Crippen LogP) is 3.61. The Labute approximate surface area is 400 Å². The molecule has 6 amide bonds. The summed E-state index contributed by atoms with van der Waals surface area (Å²) in [4.78, 5) is 90.6. The summed E-state index contributed by atoms with van der Waals surface area (Å²) in [5.74, 6) is -4.03. The van der Waals surface area contributed by atoms with Crippen molar-refractivity contribution in [3.05, 3.63) is 53.6 Å². The van der Waals surface area contributed by atoms with E-state index in [1.54, 1.807) is 45.0 Å². The van der Waals surface area contributed by atoms with Gasteiger partial charge < -0.3 is 61.7 Å². The number of primary amides is 1. The van der Waals surface area contributed by atoms with Crippen LogP contribution in [0.15, 0.2) is 48.1 Å². The Balaban J connectivity index is 0.991. The standard InChI is InChI=1S/C48H67F2N7O12/c1-7-9-38-68-37-22-30-31-21-33(49)32-20-29(58)15-16-45(32,4)47(31,50)35(59)23-46(30,5)48(37,69-38)36(60)25-66-43(64)54-18-19-57(6)44(65)67-24-27-11-13-28(14-12-27)55-40(61)34(10-8-17-53-42(52)63)56-41(62)39(51)26(2)3/h11-16,20,26,30-31,33-35,37-39,59H,7-10,17-19,21-25,51H2,1-6H3,(H,54,64)(H,55,61)(H,56,62)(H3,52,53,63)/t30-,31-,33-,34-,35-,37+,38?,39-,45-,46-,47-,48+/m0/s1. The van der Waals surface area contributed by atoms with Crippen LogP contribution in [0.2, 0.25) is 0 Å². The van der Waals surface area contributed by atoms with E-state index in [1.807, 2.05) is 6.92 Å². The number of Topliss-reactive ketones (excluding diaryl/α,β-unsaturated/α-hetero) is 1. The molecule has 1 aromatic carbocycles. The Kier molecular flexibility index (Phi) is 16.3. The molecule has 12 atom stereocenters. The van der Waals surface area contributed by atoms with E-state index in [9.17, 15) is 38.7 Å². The number of fused-ring (bicyclic) bond motifs is 7. The average Bonchev–Trinajstić information content (AvgIpc) is 3.78. The number of anilines is 1. The molecule has 5 aliphatic rings. The van der Waals surface area contributed by atoms with Crippen LogP contribution in [0.3, 0.4) is 0 Å². The van der Waals surface area contributed by atoms with Crippen LogP contribution in [0.4, 0.5) is 28.9 Å². The van der Waals surface area contributed by atoms with Gasteiger partial charge in [0.2, 0.25) is 17.6 Å². The van der Waals surface area contributed by atoms with Gasteiger partial charge in [0.1, 0.15) is 18.8 Å². The van der Waals surface area contributed by atoms with Crippen molar-refractivity contribution in [1.82, 2.24) is 20.9 Å². The summed E-state index contributed by atoms with van der Waals surface area (Å²) < 4.78 is 57.4. The van der Waals surface area contributed by atoms with Crippen LogP contribution in [0, 0.1) is 28.6 Å². The lowest BCUT2D eigenvalue weighted by Gasteiger charge is -2.63. The molecule has 0 aromatic heterocycles. The van der Waals surface area contributed by atoms with Gasteiger partial charge in [0.25, 0.3) is 0 Å². The maximum atomic E-state index is 17.8. The van der Waals surface area contributed by atoms with Gasteiger partial charge in [0.05, 0.1) is 18.2 Å². The quantitative estimate of drug-likeness (QED) is 0.0978. The van der Waals surface area contributed by atoms with Gasteiger partial charge in [-0.15, -0.1) is 0 Å². The Morgan fingerprint density at radius 3 is 2.39 bits per heavy atom. The van der Waals surface area contributed by atoms with E-state index in [2.05, 4.69) is 21.3 Å². The number of urea groups is 1. The zero-order valence-electron chi connectivity index (χ0n) is 40.0. The number of ketones is 2. The molecular weight excluding hydrogens is 905 g/mol.